The molecule has 0 fully saturated rings. The number of hydrogen-bond acceptors (Lipinski definition) is 3. The molecule has 0 saturated carbocycles. The van der Waals surface area contributed by atoms with E-state index in [0.29, 0.717) is 6.61 Å². The van der Waals surface area contributed by atoms with Crippen molar-refractivity contribution >= 4 is 17.0 Å². The zero-order valence-corrected chi connectivity index (χ0v) is 8.53. The van der Waals surface area contributed by atoms with Crippen LogP contribution in [0.2, 0.25) is 0 Å². The summed E-state index contributed by atoms with van der Waals surface area (Å²) < 4.78 is 9.99. The first kappa shape index (κ1) is 11.0. The molecule has 0 aliphatic carbocycles. The fraction of sp³-hybridized carbons (Fsp3) is 0.300. The summed E-state index contributed by atoms with van der Waals surface area (Å²) in [6.45, 7) is 2.27. The minimum Gasteiger partial charge on any atom is -0.419 e. The van der Waals surface area contributed by atoms with Gasteiger partial charge in [-0.25, -0.2) is 4.79 Å². The molecule has 0 aliphatic heterocycles. The van der Waals surface area contributed by atoms with Crippen LogP contribution in [0.4, 0.5) is 4.79 Å². The van der Waals surface area contributed by atoms with Crippen LogP contribution >= 0.6 is 11.6 Å². The fourth-order valence-corrected chi connectivity index (χ4v) is 1.12. The van der Waals surface area contributed by atoms with Gasteiger partial charge in [0.25, 0.3) is 0 Å². The SMILES string of the molecule is CCOC(OC(=O)Cl)c1ccccc1. The van der Waals surface area contributed by atoms with Gasteiger partial charge in [0.2, 0.25) is 6.29 Å². The van der Waals surface area contributed by atoms with E-state index < -0.39 is 11.7 Å². The Morgan fingerprint density at radius 1 is 1.43 bits per heavy atom. The molecule has 0 N–H and O–H groups in total. The molecule has 1 unspecified atom stereocenters. The van der Waals surface area contributed by atoms with Gasteiger partial charge in [-0.2, -0.15) is 0 Å². The number of benzene rings is 1. The van der Waals surface area contributed by atoms with E-state index in [1.165, 1.54) is 0 Å². The van der Waals surface area contributed by atoms with E-state index in [1.807, 2.05) is 25.1 Å². The highest BCUT2D eigenvalue weighted by Crippen LogP contribution is 2.19. The summed E-state index contributed by atoms with van der Waals surface area (Å²) in [5.74, 6) is 0. The maximum absolute atomic E-state index is 10.6. The summed E-state index contributed by atoms with van der Waals surface area (Å²) in [4.78, 5) is 10.6. The lowest BCUT2D eigenvalue weighted by molar-refractivity contribution is -0.0963. The Labute approximate surface area is 87.6 Å². The van der Waals surface area contributed by atoms with Crippen LogP contribution in [0.5, 0.6) is 0 Å². The number of carbonyl (C=O) groups excluding carboxylic acids is 1. The minimum atomic E-state index is -0.868. The molecule has 0 bridgehead atoms. The molecule has 0 radical (unpaired) electrons. The Morgan fingerprint density at radius 2 is 2.07 bits per heavy atom. The van der Waals surface area contributed by atoms with Crippen molar-refractivity contribution in [1.82, 2.24) is 0 Å². The van der Waals surface area contributed by atoms with Gasteiger partial charge in [0, 0.05) is 23.8 Å². The minimum absolute atomic E-state index is 0.448. The molecular weight excluding hydrogens is 204 g/mol. The van der Waals surface area contributed by atoms with Crippen molar-refractivity contribution in [2.75, 3.05) is 6.61 Å². The van der Waals surface area contributed by atoms with Crippen molar-refractivity contribution in [3.63, 3.8) is 0 Å². The Kier molecular flexibility index (Phi) is 4.43. The van der Waals surface area contributed by atoms with Gasteiger partial charge in [-0.05, 0) is 6.92 Å². The first-order chi connectivity index (χ1) is 6.74. The molecule has 1 aromatic rings. The van der Waals surface area contributed by atoms with E-state index in [1.54, 1.807) is 12.1 Å². The Hall–Kier alpha value is -1.06. The molecule has 76 valence electrons. The van der Waals surface area contributed by atoms with Crippen molar-refractivity contribution in [1.29, 1.82) is 0 Å². The van der Waals surface area contributed by atoms with Gasteiger partial charge in [-0.1, -0.05) is 30.3 Å². The van der Waals surface area contributed by atoms with Crippen molar-refractivity contribution in [2.24, 2.45) is 0 Å². The lowest BCUT2D eigenvalue weighted by Gasteiger charge is -2.15. The van der Waals surface area contributed by atoms with Crippen LogP contribution < -0.4 is 0 Å². The van der Waals surface area contributed by atoms with Crippen molar-refractivity contribution < 1.29 is 14.3 Å². The zero-order chi connectivity index (χ0) is 10.4. The maximum Gasteiger partial charge on any atom is 0.406 e. The molecule has 4 heteroatoms. The van der Waals surface area contributed by atoms with Gasteiger partial charge in [-0.3, -0.25) is 0 Å². The average Bonchev–Trinajstić information content (AvgIpc) is 2.18. The van der Waals surface area contributed by atoms with E-state index in [2.05, 4.69) is 0 Å². The summed E-state index contributed by atoms with van der Waals surface area (Å²) in [6, 6.07) is 9.15. The van der Waals surface area contributed by atoms with Gasteiger partial charge < -0.3 is 9.47 Å². The summed E-state index contributed by atoms with van der Waals surface area (Å²) in [6.07, 6.45) is -0.716. The Morgan fingerprint density at radius 3 is 2.57 bits per heavy atom. The summed E-state index contributed by atoms with van der Waals surface area (Å²) in [5.41, 5.74) is -0.101. The number of carbonyl (C=O) groups is 1. The van der Waals surface area contributed by atoms with Crippen LogP contribution in [0, 0.1) is 0 Å². The quantitative estimate of drug-likeness (QED) is 0.571. The lowest BCUT2D eigenvalue weighted by atomic mass is 10.2. The molecule has 0 saturated heterocycles. The van der Waals surface area contributed by atoms with Crippen molar-refractivity contribution in [3.8, 4) is 0 Å². The number of hydrogen-bond donors (Lipinski definition) is 0. The predicted molar refractivity (Wildman–Crippen MR) is 53.1 cm³/mol. The highest BCUT2D eigenvalue weighted by molar-refractivity contribution is 6.61. The van der Waals surface area contributed by atoms with E-state index >= 15 is 0 Å². The lowest BCUT2D eigenvalue weighted by Crippen LogP contribution is -2.10. The van der Waals surface area contributed by atoms with Gasteiger partial charge in [-0.15, -0.1) is 0 Å². The van der Waals surface area contributed by atoms with E-state index in [0.717, 1.165) is 5.56 Å². The van der Waals surface area contributed by atoms with E-state index in [-0.39, 0.29) is 0 Å². The second-order valence-corrected chi connectivity index (χ2v) is 2.86. The summed E-state index contributed by atoms with van der Waals surface area (Å²) >= 11 is 5.12. The maximum atomic E-state index is 10.6. The highest BCUT2D eigenvalue weighted by Gasteiger charge is 2.14. The molecule has 0 amide bonds. The summed E-state index contributed by atoms with van der Waals surface area (Å²) in [5, 5.41) is 0. The third kappa shape index (κ3) is 3.36. The molecule has 0 aromatic heterocycles. The number of rotatable bonds is 4. The van der Waals surface area contributed by atoms with Crippen LogP contribution in [0.15, 0.2) is 30.3 Å². The number of ether oxygens (including phenoxy) is 2. The fourth-order valence-electron chi connectivity index (χ4n) is 1.04. The normalized spacial score (nSPS) is 12.1. The van der Waals surface area contributed by atoms with Crippen molar-refractivity contribution in [2.45, 2.75) is 13.2 Å². The smallest absolute Gasteiger partial charge is 0.406 e. The third-order valence-electron chi connectivity index (χ3n) is 1.59. The third-order valence-corrected chi connectivity index (χ3v) is 1.68. The summed E-state index contributed by atoms with van der Waals surface area (Å²) in [7, 11) is 0. The van der Waals surface area contributed by atoms with Crippen LogP contribution in [0.3, 0.4) is 0 Å². The average molecular weight is 215 g/mol. The number of halogens is 1. The second kappa shape index (κ2) is 5.62. The first-order valence-corrected chi connectivity index (χ1v) is 4.64. The van der Waals surface area contributed by atoms with Gasteiger partial charge >= 0.3 is 5.43 Å². The predicted octanol–water partition coefficient (Wildman–Crippen LogP) is 3.10. The monoisotopic (exact) mass is 214 g/mol. The first-order valence-electron chi connectivity index (χ1n) is 4.26. The molecular formula is C10H11ClO3. The standard InChI is InChI=1S/C10H11ClO3/c1-2-13-9(14-10(11)12)8-6-4-3-5-7-8/h3-7,9H,2H2,1H3. The highest BCUT2D eigenvalue weighted by atomic mass is 35.5. The molecule has 1 aromatic carbocycles. The second-order valence-electron chi connectivity index (χ2n) is 2.55. The van der Waals surface area contributed by atoms with Gasteiger partial charge in [0.05, 0.1) is 0 Å². The largest absolute Gasteiger partial charge is 0.419 e. The Balaban J connectivity index is 2.72. The Bertz CT molecular complexity index is 287. The van der Waals surface area contributed by atoms with Crippen LogP contribution in [-0.2, 0) is 9.47 Å². The molecule has 1 atom stereocenters. The van der Waals surface area contributed by atoms with Crippen LogP contribution in [0.1, 0.15) is 18.8 Å². The molecule has 0 heterocycles. The molecule has 1 rings (SSSR count). The van der Waals surface area contributed by atoms with E-state index in [4.69, 9.17) is 21.1 Å². The molecule has 3 nitrogen and oxygen atoms in total. The molecule has 0 aliphatic rings. The van der Waals surface area contributed by atoms with Crippen molar-refractivity contribution in [3.05, 3.63) is 35.9 Å². The molecule has 0 spiro atoms. The van der Waals surface area contributed by atoms with Crippen LogP contribution in [-0.4, -0.2) is 12.0 Å². The van der Waals surface area contributed by atoms with Gasteiger partial charge in [0.15, 0.2) is 0 Å². The van der Waals surface area contributed by atoms with Gasteiger partial charge in [0.1, 0.15) is 0 Å². The molecule has 14 heavy (non-hydrogen) atoms. The zero-order valence-electron chi connectivity index (χ0n) is 7.77. The topological polar surface area (TPSA) is 35.5 Å². The van der Waals surface area contributed by atoms with E-state index in [9.17, 15) is 4.79 Å². The van der Waals surface area contributed by atoms with Crippen LogP contribution in [0.25, 0.3) is 0 Å².